The van der Waals surface area contributed by atoms with Crippen LogP contribution < -0.4 is 10.9 Å². The molecular formula is C20H18N4O2S. The molecule has 0 fully saturated rings. The normalized spacial score (nSPS) is 10.7. The molecule has 3 aromatic rings. The maximum atomic E-state index is 13.1. The number of amides is 1. The number of hydrogen-bond donors (Lipinski definition) is 1. The summed E-state index contributed by atoms with van der Waals surface area (Å²) in [6, 6.07) is 15.9. The number of rotatable bonds is 5. The molecule has 0 saturated carbocycles. The molecule has 0 radical (unpaired) electrons. The number of nitrogens with zero attached hydrogens (tertiary/aromatic N) is 3. The molecule has 0 atom stereocenters. The lowest BCUT2D eigenvalue weighted by atomic mass is 10.2. The van der Waals surface area contributed by atoms with E-state index >= 15 is 0 Å². The van der Waals surface area contributed by atoms with Crippen LogP contribution in [-0.2, 0) is 4.79 Å². The number of para-hydroxylation sites is 1. The van der Waals surface area contributed by atoms with Crippen LogP contribution in [0, 0.1) is 11.3 Å². The van der Waals surface area contributed by atoms with E-state index in [1.165, 1.54) is 16.3 Å². The summed E-state index contributed by atoms with van der Waals surface area (Å²) in [5, 5.41) is 12.7. The van der Waals surface area contributed by atoms with E-state index in [1.807, 2.05) is 19.9 Å². The summed E-state index contributed by atoms with van der Waals surface area (Å²) in [4.78, 5) is 29.7. The van der Waals surface area contributed by atoms with Gasteiger partial charge in [0.25, 0.3) is 5.56 Å². The maximum absolute atomic E-state index is 13.1. The van der Waals surface area contributed by atoms with Gasteiger partial charge in [0.2, 0.25) is 5.91 Å². The quantitative estimate of drug-likeness (QED) is 0.545. The number of hydrogen-bond acceptors (Lipinski definition) is 5. The lowest BCUT2D eigenvalue weighted by Crippen LogP contribution is -2.32. The second-order valence-corrected chi connectivity index (χ2v) is 7.16. The van der Waals surface area contributed by atoms with Crippen molar-refractivity contribution in [1.82, 2.24) is 14.9 Å². The van der Waals surface area contributed by atoms with E-state index in [2.05, 4.69) is 16.4 Å². The third-order valence-electron chi connectivity index (χ3n) is 3.78. The fourth-order valence-electron chi connectivity index (χ4n) is 2.62. The minimum Gasteiger partial charge on any atom is -0.353 e. The van der Waals surface area contributed by atoms with E-state index in [4.69, 9.17) is 5.26 Å². The summed E-state index contributed by atoms with van der Waals surface area (Å²) >= 11 is 1.21. The van der Waals surface area contributed by atoms with Crippen LogP contribution in [0.2, 0.25) is 0 Å². The second-order valence-electron chi connectivity index (χ2n) is 6.22. The first-order chi connectivity index (χ1) is 13.0. The van der Waals surface area contributed by atoms with E-state index in [1.54, 1.807) is 42.5 Å². The Hall–Kier alpha value is -3.11. The summed E-state index contributed by atoms with van der Waals surface area (Å²) in [6.45, 7) is 3.78. The Morgan fingerprint density at radius 2 is 1.93 bits per heavy atom. The largest absolute Gasteiger partial charge is 0.353 e. The second kappa shape index (κ2) is 8.06. The Labute approximate surface area is 160 Å². The van der Waals surface area contributed by atoms with Crippen molar-refractivity contribution in [3.8, 4) is 11.8 Å². The van der Waals surface area contributed by atoms with Crippen LogP contribution in [0.15, 0.2) is 58.5 Å². The molecule has 136 valence electrons. The third-order valence-corrected chi connectivity index (χ3v) is 4.72. The highest BCUT2D eigenvalue weighted by Gasteiger charge is 2.15. The van der Waals surface area contributed by atoms with Crippen LogP contribution in [-0.4, -0.2) is 27.3 Å². The number of carbonyl (C=O) groups is 1. The molecule has 2 aromatic carbocycles. The summed E-state index contributed by atoms with van der Waals surface area (Å²) in [5.41, 5.74) is 1.48. The Morgan fingerprint density at radius 1 is 1.22 bits per heavy atom. The first-order valence-electron chi connectivity index (χ1n) is 8.44. The Morgan fingerprint density at radius 3 is 2.59 bits per heavy atom. The van der Waals surface area contributed by atoms with Crippen molar-refractivity contribution in [2.75, 3.05) is 5.75 Å². The van der Waals surface area contributed by atoms with Gasteiger partial charge < -0.3 is 5.32 Å². The Bertz CT molecular complexity index is 1080. The van der Waals surface area contributed by atoms with Crippen molar-refractivity contribution >= 4 is 28.6 Å². The lowest BCUT2D eigenvalue weighted by molar-refractivity contribution is -0.119. The molecule has 0 aliphatic heterocycles. The topological polar surface area (TPSA) is 87.8 Å². The molecule has 1 N–H and O–H groups in total. The van der Waals surface area contributed by atoms with E-state index in [-0.39, 0.29) is 23.3 Å². The molecule has 1 heterocycles. The van der Waals surface area contributed by atoms with E-state index in [9.17, 15) is 9.59 Å². The van der Waals surface area contributed by atoms with Gasteiger partial charge >= 0.3 is 0 Å². The van der Waals surface area contributed by atoms with Crippen LogP contribution in [0.25, 0.3) is 16.6 Å². The van der Waals surface area contributed by atoms with Crippen LogP contribution in [0.1, 0.15) is 19.4 Å². The number of fused-ring (bicyclic) bond motifs is 1. The zero-order valence-electron chi connectivity index (χ0n) is 15.0. The smallest absolute Gasteiger partial charge is 0.266 e. The molecule has 0 aliphatic carbocycles. The molecule has 0 spiro atoms. The van der Waals surface area contributed by atoms with Gasteiger partial charge in [0.05, 0.1) is 34.0 Å². The van der Waals surface area contributed by atoms with Gasteiger partial charge in [0.15, 0.2) is 5.16 Å². The first kappa shape index (κ1) is 18.7. The molecule has 1 aromatic heterocycles. The third kappa shape index (κ3) is 4.18. The fraction of sp³-hybridized carbons (Fsp3) is 0.200. The highest BCUT2D eigenvalue weighted by Crippen LogP contribution is 2.21. The van der Waals surface area contributed by atoms with Gasteiger partial charge in [-0.2, -0.15) is 5.26 Å². The molecule has 0 unspecified atom stereocenters. The van der Waals surface area contributed by atoms with Crippen molar-refractivity contribution in [3.63, 3.8) is 0 Å². The SMILES string of the molecule is CC(C)NC(=O)CSc1nc2ccccc2c(=O)n1-c1ccc(C#N)cc1. The zero-order chi connectivity index (χ0) is 19.4. The summed E-state index contributed by atoms with van der Waals surface area (Å²) in [5.74, 6) is 0.0305. The van der Waals surface area contributed by atoms with Gasteiger partial charge in [-0.25, -0.2) is 4.98 Å². The number of benzene rings is 2. The zero-order valence-corrected chi connectivity index (χ0v) is 15.8. The minimum atomic E-state index is -0.211. The summed E-state index contributed by atoms with van der Waals surface area (Å²) in [6.07, 6.45) is 0. The molecule has 0 bridgehead atoms. The van der Waals surface area contributed by atoms with E-state index in [0.717, 1.165) is 0 Å². The molecule has 1 amide bonds. The Balaban J connectivity index is 2.08. The molecule has 0 aliphatic rings. The molecule has 27 heavy (non-hydrogen) atoms. The summed E-state index contributed by atoms with van der Waals surface area (Å²) in [7, 11) is 0. The van der Waals surface area contributed by atoms with Gasteiger partial charge in [-0.15, -0.1) is 0 Å². The number of nitriles is 1. The molecule has 0 saturated heterocycles. The van der Waals surface area contributed by atoms with Gasteiger partial charge in [0, 0.05) is 6.04 Å². The van der Waals surface area contributed by atoms with Crippen LogP contribution in [0.5, 0.6) is 0 Å². The lowest BCUT2D eigenvalue weighted by Gasteiger charge is -2.14. The number of aromatic nitrogens is 2. The number of carbonyl (C=O) groups excluding carboxylic acids is 1. The van der Waals surface area contributed by atoms with Crippen molar-refractivity contribution in [1.29, 1.82) is 5.26 Å². The fourth-order valence-corrected chi connectivity index (χ4v) is 3.44. The van der Waals surface area contributed by atoms with Crippen molar-refractivity contribution in [3.05, 3.63) is 64.4 Å². The van der Waals surface area contributed by atoms with Crippen LogP contribution in [0.4, 0.5) is 0 Å². The van der Waals surface area contributed by atoms with Gasteiger partial charge in [0.1, 0.15) is 0 Å². The van der Waals surface area contributed by atoms with Gasteiger partial charge in [-0.1, -0.05) is 23.9 Å². The minimum absolute atomic E-state index is 0.0448. The van der Waals surface area contributed by atoms with E-state index in [0.29, 0.717) is 27.3 Å². The monoisotopic (exact) mass is 378 g/mol. The molecule has 3 rings (SSSR count). The maximum Gasteiger partial charge on any atom is 0.266 e. The highest BCUT2D eigenvalue weighted by molar-refractivity contribution is 7.99. The Kier molecular flexibility index (Phi) is 5.57. The average molecular weight is 378 g/mol. The highest BCUT2D eigenvalue weighted by atomic mass is 32.2. The number of nitrogens with one attached hydrogen (secondary N) is 1. The standard InChI is InChI=1S/C20H18N4O2S/c1-13(2)22-18(25)12-27-20-23-17-6-4-3-5-16(17)19(26)24(20)15-9-7-14(11-21)8-10-15/h3-10,13H,12H2,1-2H3,(H,22,25). The predicted octanol–water partition coefficient (Wildman–Crippen LogP) is 2.87. The van der Waals surface area contributed by atoms with Gasteiger partial charge in [-0.05, 0) is 50.2 Å². The van der Waals surface area contributed by atoms with Crippen molar-refractivity contribution < 1.29 is 4.79 Å². The average Bonchev–Trinajstić information content (AvgIpc) is 2.66. The molecular weight excluding hydrogens is 360 g/mol. The van der Waals surface area contributed by atoms with Gasteiger partial charge in [-0.3, -0.25) is 14.2 Å². The van der Waals surface area contributed by atoms with Crippen LogP contribution >= 0.6 is 11.8 Å². The van der Waals surface area contributed by atoms with Crippen molar-refractivity contribution in [2.45, 2.75) is 25.0 Å². The van der Waals surface area contributed by atoms with E-state index < -0.39 is 0 Å². The predicted molar refractivity (Wildman–Crippen MR) is 106 cm³/mol. The first-order valence-corrected chi connectivity index (χ1v) is 9.42. The van der Waals surface area contributed by atoms with Crippen molar-refractivity contribution in [2.24, 2.45) is 0 Å². The molecule has 7 heteroatoms. The summed E-state index contributed by atoms with van der Waals surface area (Å²) < 4.78 is 1.48. The van der Waals surface area contributed by atoms with Crippen LogP contribution in [0.3, 0.4) is 0 Å². The molecule has 6 nitrogen and oxygen atoms in total. The number of thioether (sulfide) groups is 1.